The van der Waals surface area contributed by atoms with Gasteiger partial charge in [-0.3, -0.25) is 4.79 Å². The quantitative estimate of drug-likeness (QED) is 0.666. The van der Waals surface area contributed by atoms with Gasteiger partial charge in [0.25, 0.3) is 5.91 Å². The van der Waals surface area contributed by atoms with E-state index in [1.54, 1.807) is 38.3 Å². The summed E-state index contributed by atoms with van der Waals surface area (Å²) in [7, 11) is -2.01. The number of rotatable bonds is 8. The number of benzene rings is 2. The van der Waals surface area contributed by atoms with Crippen LogP contribution in [0.25, 0.3) is 0 Å². The van der Waals surface area contributed by atoms with Crippen molar-refractivity contribution in [3.63, 3.8) is 0 Å². The second kappa shape index (κ2) is 9.28. The number of para-hydroxylation sites is 2. The van der Waals surface area contributed by atoms with Gasteiger partial charge in [-0.15, -0.1) is 0 Å². The van der Waals surface area contributed by atoms with Crippen LogP contribution >= 0.6 is 0 Å². The van der Waals surface area contributed by atoms with Crippen molar-refractivity contribution in [3.05, 3.63) is 53.6 Å². The summed E-state index contributed by atoms with van der Waals surface area (Å²) >= 11 is 0. The van der Waals surface area contributed by atoms with Crippen molar-refractivity contribution >= 4 is 15.9 Å². The van der Waals surface area contributed by atoms with E-state index in [-0.39, 0.29) is 24.0 Å². The molecule has 0 atom stereocenters. The number of methoxy groups -OCH3 is 1. The van der Waals surface area contributed by atoms with Crippen molar-refractivity contribution in [1.29, 1.82) is 0 Å². The zero-order valence-corrected chi connectivity index (χ0v) is 17.5. The first-order valence-corrected chi connectivity index (χ1v) is 11.0. The van der Waals surface area contributed by atoms with Crippen LogP contribution in [0, 0.1) is 6.92 Å². The molecule has 0 unspecified atom stereocenters. The minimum Gasteiger partial charge on any atom is -0.493 e. The van der Waals surface area contributed by atoms with Gasteiger partial charge in [0.1, 0.15) is 6.61 Å². The monoisotopic (exact) mass is 418 g/mol. The van der Waals surface area contributed by atoms with E-state index in [4.69, 9.17) is 9.47 Å². The Kier molecular flexibility index (Phi) is 6.76. The van der Waals surface area contributed by atoms with E-state index in [2.05, 4.69) is 5.32 Å². The molecule has 0 aliphatic carbocycles. The van der Waals surface area contributed by atoms with Gasteiger partial charge >= 0.3 is 0 Å². The van der Waals surface area contributed by atoms with E-state index < -0.39 is 10.0 Å². The van der Waals surface area contributed by atoms with Crippen molar-refractivity contribution in [3.8, 4) is 11.5 Å². The van der Waals surface area contributed by atoms with Gasteiger partial charge in [0.15, 0.2) is 11.5 Å². The van der Waals surface area contributed by atoms with Gasteiger partial charge in [0, 0.05) is 18.7 Å². The van der Waals surface area contributed by atoms with Crippen molar-refractivity contribution in [2.75, 3.05) is 33.4 Å². The lowest BCUT2D eigenvalue weighted by molar-refractivity contribution is 0.0946. The molecule has 0 spiro atoms. The second-order valence-electron chi connectivity index (χ2n) is 6.85. The SMILES string of the molecule is COc1ccccc1OCCNC(=O)c1ccc(C)c(S(=O)(=O)N2CCCC2)c1. The fourth-order valence-electron chi connectivity index (χ4n) is 3.25. The zero-order chi connectivity index (χ0) is 20.9. The maximum absolute atomic E-state index is 12.9. The summed E-state index contributed by atoms with van der Waals surface area (Å²) in [6, 6.07) is 12.0. The fraction of sp³-hybridized carbons (Fsp3) is 0.381. The minimum absolute atomic E-state index is 0.192. The van der Waals surface area contributed by atoms with Crippen LogP contribution in [0.15, 0.2) is 47.4 Å². The number of aryl methyl sites for hydroxylation is 1. The highest BCUT2D eigenvalue weighted by atomic mass is 32.2. The summed E-state index contributed by atoms with van der Waals surface area (Å²) in [6.07, 6.45) is 1.73. The number of carbonyl (C=O) groups is 1. The Labute approximate surface area is 171 Å². The molecule has 3 rings (SSSR count). The molecule has 1 amide bonds. The van der Waals surface area contributed by atoms with E-state index in [1.807, 2.05) is 12.1 Å². The van der Waals surface area contributed by atoms with Gasteiger partial charge in [0.2, 0.25) is 10.0 Å². The topological polar surface area (TPSA) is 84.9 Å². The molecule has 0 radical (unpaired) electrons. The second-order valence-corrected chi connectivity index (χ2v) is 8.75. The Hall–Kier alpha value is -2.58. The molecule has 1 heterocycles. The van der Waals surface area contributed by atoms with Crippen LogP contribution < -0.4 is 14.8 Å². The zero-order valence-electron chi connectivity index (χ0n) is 16.7. The van der Waals surface area contributed by atoms with Crippen LogP contribution in [0.5, 0.6) is 11.5 Å². The first-order chi connectivity index (χ1) is 13.9. The van der Waals surface area contributed by atoms with Gasteiger partial charge in [-0.2, -0.15) is 4.31 Å². The summed E-state index contributed by atoms with van der Waals surface area (Å²) in [5.74, 6) is 0.874. The van der Waals surface area contributed by atoms with Gasteiger partial charge in [-0.05, 0) is 49.6 Å². The van der Waals surface area contributed by atoms with Crippen molar-refractivity contribution in [2.45, 2.75) is 24.7 Å². The van der Waals surface area contributed by atoms with E-state index >= 15 is 0 Å². The van der Waals surface area contributed by atoms with E-state index in [0.717, 1.165) is 12.8 Å². The predicted octanol–water partition coefficient (Wildman–Crippen LogP) is 2.60. The smallest absolute Gasteiger partial charge is 0.251 e. The lowest BCUT2D eigenvalue weighted by Gasteiger charge is -2.18. The Morgan fingerprint density at radius 2 is 1.79 bits per heavy atom. The van der Waals surface area contributed by atoms with Crippen LogP contribution in [0.4, 0.5) is 0 Å². The van der Waals surface area contributed by atoms with Gasteiger partial charge in [-0.25, -0.2) is 8.42 Å². The molecular formula is C21H26N2O5S. The molecule has 2 aromatic carbocycles. The average Bonchev–Trinajstić information content (AvgIpc) is 3.27. The molecule has 1 N–H and O–H groups in total. The van der Waals surface area contributed by atoms with Crippen LogP contribution in [-0.2, 0) is 10.0 Å². The first kappa shape index (κ1) is 21.1. The number of carbonyl (C=O) groups excluding carboxylic acids is 1. The highest BCUT2D eigenvalue weighted by Crippen LogP contribution is 2.26. The standard InChI is InChI=1S/C21H26N2O5S/c1-16-9-10-17(15-20(16)29(25,26)23-12-5-6-13-23)21(24)22-11-14-28-19-8-4-3-7-18(19)27-2/h3-4,7-10,15H,5-6,11-14H2,1-2H3,(H,22,24). The molecule has 8 heteroatoms. The predicted molar refractivity (Wildman–Crippen MR) is 110 cm³/mol. The van der Waals surface area contributed by atoms with Gasteiger partial charge in [-0.1, -0.05) is 18.2 Å². The normalized spacial score (nSPS) is 14.6. The maximum atomic E-state index is 12.9. The summed E-state index contributed by atoms with van der Waals surface area (Å²) in [5.41, 5.74) is 0.943. The molecule has 7 nitrogen and oxygen atoms in total. The highest BCUT2D eigenvalue weighted by molar-refractivity contribution is 7.89. The van der Waals surface area contributed by atoms with Gasteiger partial charge < -0.3 is 14.8 Å². The van der Waals surface area contributed by atoms with Crippen molar-refractivity contribution in [1.82, 2.24) is 9.62 Å². The fourth-order valence-corrected chi connectivity index (χ4v) is 5.02. The van der Waals surface area contributed by atoms with Crippen molar-refractivity contribution in [2.24, 2.45) is 0 Å². The van der Waals surface area contributed by atoms with Gasteiger partial charge in [0.05, 0.1) is 18.6 Å². The first-order valence-electron chi connectivity index (χ1n) is 9.58. The third-order valence-electron chi connectivity index (χ3n) is 4.85. The number of sulfonamides is 1. The van der Waals surface area contributed by atoms with Crippen LogP contribution in [0.2, 0.25) is 0 Å². The van der Waals surface area contributed by atoms with Crippen LogP contribution in [0.3, 0.4) is 0 Å². The summed E-state index contributed by atoms with van der Waals surface area (Å²) in [4.78, 5) is 12.7. The molecule has 2 aromatic rings. The third-order valence-corrected chi connectivity index (χ3v) is 6.89. The molecule has 156 valence electrons. The molecular weight excluding hydrogens is 392 g/mol. The molecule has 29 heavy (non-hydrogen) atoms. The van der Waals surface area contributed by atoms with Crippen LogP contribution in [-0.4, -0.2) is 52.0 Å². The molecule has 0 saturated carbocycles. The van der Waals surface area contributed by atoms with E-state index in [1.165, 1.54) is 10.4 Å². The molecule has 1 aliphatic heterocycles. The highest BCUT2D eigenvalue weighted by Gasteiger charge is 2.29. The summed E-state index contributed by atoms with van der Waals surface area (Å²) in [5, 5.41) is 2.76. The number of hydrogen-bond donors (Lipinski definition) is 1. The lowest BCUT2D eigenvalue weighted by atomic mass is 10.1. The number of hydrogen-bond acceptors (Lipinski definition) is 5. The minimum atomic E-state index is -3.58. The van der Waals surface area contributed by atoms with Crippen molar-refractivity contribution < 1.29 is 22.7 Å². The number of ether oxygens (including phenoxy) is 2. The number of nitrogens with one attached hydrogen (secondary N) is 1. The lowest BCUT2D eigenvalue weighted by Crippen LogP contribution is -2.30. The molecule has 1 fully saturated rings. The Morgan fingerprint density at radius 1 is 1.10 bits per heavy atom. The maximum Gasteiger partial charge on any atom is 0.251 e. The molecule has 0 aromatic heterocycles. The molecule has 0 bridgehead atoms. The largest absolute Gasteiger partial charge is 0.493 e. The number of amides is 1. The summed E-state index contributed by atoms with van der Waals surface area (Å²) in [6.45, 7) is 3.33. The third kappa shape index (κ3) is 4.89. The van der Waals surface area contributed by atoms with Crippen LogP contribution in [0.1, 0.15) is 28.8 Å². The van der Waals surface area contributed by atoms with E-state index in [0.29, 0.717) is 35.7 Å². The number of nitrogens with zero attached hydrogens (tertiary/aromatic N) is 1. The molecule has 1 saturated heterocycles. The van der Waals surface area contributed by atoms with E-state index in [9.17, 15) is 13.2 Å². The Balaban J connectivity index is 1.62. The Morgan fingerprint density at radius 3 is 2.48 bits per heavy atom. The summed E-state index contributed by atoms with van der Waals surface area (Å²) < 4.78 is 38.1. The average molecular weight is 419 g/mol. The molecule has 1 aliphatic rings. The Bertz CT molecular complexity index is 969.